The Hall–Kier alpha value is -1.70. The van der Waals surface area contributed by atoms with E-state index in [0.717, 1.165) is 5.56 Å². The zero-order valence-electron chi connectivity index (χ0n) is 8.28. The van der Waals surface area contributed by atoms with Crippen molar-refractivity contribution in [3.8, 4) is 0 Å². The molecule has 0 spiro atoms. The third kappa shape index (κ3) is 2.66. The van der Waals surface area contributed by atoms with E-state index in [4.69, 9.17) is 0 Å². The molecule has 0 aliphatic carbocycles. The van der Waals surface area contributed by atoms with Crippen LogP contribution < -0.4 is 0 Å². The molecule has 0 bridgehead atoms. The van der Waals surface area contributed by atoms with Gasteiger partial charge in [0.05, 0.1) is 0 Å². The van der Waals surface area contributed by atoms with Gasteiger partial charge in [0.15, 0.2) is 11.6 Å². The van der Waals surface area contributed by atoms with Crippen molar-refractivity contribution < 1.29 is 9.59 Å². The Balaban J connectivity index is 3.14. The maximum absolute atomic E-state index is 11.3. The molecule has 0 radical (unpaired) electrons. The molecule has 0 aromatic heterocycles. The van der Waals surface area contributed by atoms with Crippen LogP contribution in [0.15, 0.2) is 36.4 Å². The van der Waals surface area contributed by atoms with Gasteiger partial charge >= 0.3 is 0 Å². The maximum atomic E-state index is 11.3. The van der Waals surface area contributed by atoms with Gasteiger partial charge in [-0.05, 0) is 25.5 Å². The highest BCUT2D eigenvalue weighted by Crippen LogP contribution is 2.14. The van der Waals surface area contributed by atoms with Crippen molar-refractivity contribution in [2.24, 2.45) is 0 Å². The Morgan fingerprint density at radius 3 is 2.07 bits per heavy atom. The molecule has 1 aromatic carbocycles. The van der Waals surface area contributed by atoms with E-state index in [-0.39, 0.29) is 11.6 Å². The van der Waals surface area contributed by atoms with Gasteiger partial charge in [0.1, 0.15) is 0 Å². The number of ketones is 2. The predicted octanol–water partition coefficient (Wildman–Crippen LogP) is 2.25. The standard InChI is InChI=1S/C12H12O2/c1-9(13)8-12(10(2)14)11-6-4-3-5-7-11/h3-8H,1-2H3/b12-8-. The van der Waals surface area contributed by atoms with E-state index < -0.39 is 0 Å². The molecule has 14 heavy (non-hydrogen) atoms. The second-order valence-corrected chi connectivity index (χ2v) is 3.09. The van der Waals surface area contributed by atoms with E-state index in [9.17, 15) is 9.59 Å². The monoisotopic (exact) mass is 188 g/mol. The van der Waals surface area contributed by atoms with Gasteiger partial charge in [-0.1, -0.05) is 30.3 Å². The second kappa shape index (κ2) is 4.51. The van der Waals surface area contributed by atoms with Crippen molar-refractivity contribution in [1.29, 1.82) is 0 Å². The Bertz CT molecular complexity index is 375. The molecular formula is C12H12O2. The third-order valence-corrected chi connectivity index (χ3v) is 1.81. The molecule has 0 amide bonds. The minimum Gasteiger partial charge on any atom is -0.295 e. The van der Waals surface area contributed by atoms with Crippen LogP contribution in [0.4, 0.5) is 0 Å². The van der Waals surface area contributed by atoms with Crippen LogP contribution in [0.1, 0.15) is 19.4 Å². The van der Waals surface area contributed by atoms with Gasteiger partial charge < -0.3 is 0 Å². The van der Waals surface area contributed by atoms with Gasteiger partial charge in [-0.25, -0.2) is 0 Å². The molecule has 2 nitrogen and oxygen atoms in total. The highest BCUT2D eigenvalue weighted by molar-refractivity contribution is 6.23. The topological polar surface area (TPSA) is 34.1 Å². The van der Waals surface area contributed by atoms with Crippen molar-refractivity contribution in [2.45, 2.75) is 13.8 Å². The molecule has 72 valence electrons. The van der Waals surface area contributed by atoms with Crippen LogP contribution >= 0.6 is 0 Å². The summed E-state index contributed by atoms with van der Waals surface area (Å²) in [5, 5.41) is 0. The molecule has 0 aliphatic heterocycles. The maximum Gasteiger partial charge on any atom is 0.160 e. The lowest BCUT2D eigenvalue weighted by molar-refractivity contribution is -0.114. The summed E-state index contributed by atoms with van der Waals surface area (Å²) in [6, 6.07) is 9.18. The molecule has 1 rings (SSSR count). The van der Waals surface area contributed by atoms with Crippen LogP contribution in [-0.2, 0) is 9.59 Å². The Morgan fingerprint density at radius 1 is 1.07 bits per heavy atom. The first-order chi connectivity index (χ1) is 6.61. The molecule has 0 atom stereocenters. The van der Waals surface area contributed by atoms with Gasteiger partial charge in [-0.2, -0.15) is 0 Å². The van der Waals surface area contributed by atoms with E-state index in [1.807, 2.05) is 30.3 Å². The van der Waals surface area contributed by atoms with Crippen LogP contribution in [0.3, 0.4) is 0 Å². The Labute approximate surface area is 83.3 Å². The number of allylic oxidation sites excluding steroid dienone is 2. The summed E-state index contributed by atoms with van der Waals surface area (Å²) in [5.41, 5.74) is 1.26. The molecule has 0 saturated heterocycles. The first kappa shape index (κ1) is 10.4. The average Bonchev–Trinajstić information content (AvgIpc) is 2.15. The second-order valence-electron chi connectivity index (χ2n) is 3.09. The highest BCUT2D eigenvalue weighted by Gasteiger charge is 2.06. The zero-order valence-corrected chi connectivity index (χ0v) is 8.28. The fourth-order valence-electron chi connectivity index (χ4n) is 1.21. The predicted molar refractivity (Wildman–Crippen MR) is 55.8 cm³/mol. The number of rotatable bonds is 3. The summed E-state index contributed by atoms with van der Waals surface area (Å²) in [5.74, 6) is -0.203. The summed E-state index contributed by atoms with van der Waals surface area (Å²) in [6.07, 6.45) is 1.37. The van der Waals surface area contributed by atoms with E-state index in [1.165, 1.54) is 19.9 Å². The van der Waals surface area contributed by atoms with E-state index >= 15 is 0 Å². The fourth-order valence-corrected chi connectivity index (χ4v) is 1.21. The van der Waals surface area contributed by atoms with Crippen molar-refractivity contribution >= 4 is 17.1 Å². The minimum absolute atomic E-state index is 0.0913. The van der Waals surface area contributed by atoms with Gasteiger partial charge in [-0.3, -0.25) is 9.59 Å². The molecular weight excluding hydrogens is 176 g/mol. The smallest absolute Gasteiger partial charge is 0.160 e. The van der Waals surface area contributed by atoms with E-state index in [0.29, 0.717) is 5.57 Å². The lowest BCUT2D eigenvalue weighted by Crippen LogP contribution is -1.98. The van der Waals surface area contributed by atoms with Crippen LogP contribution in [0.2, 0.25) is 0 Å². The van der Waals surface area contributed by atoms with Gasteiger partial charge in [-0.15, -0.1) is 0 Å². The third-order valence-electron chi connectivity index (χ3n) is 1.81. The lowest BCUT2D eigenvalue weighted by atomic mass is 10.0. The first-order valence-electron chi connectivity index (χ1n) is 4.40. The number of Topliss-reactive ketones (excluding diaryl/α,β-unsaturated/α-hetero) is 1. The van der Waals surface area contributed by atoms with Gasteiger partial charge in [0.2, 0.25) is 0 Å². The molecule has 1 aromatic rings. The first-order valence-corrected chi connectivity index (χ1v) is 4.40. The largest absolute Gasteiger partial charge is 0.295 e. The summed E-state index contributed by atoms with van der Waals surface area (Å²) in [4.78, 5) is 22.2. The van der Waals surface area contributed by atoms with Crippen LogP contribution in [0.5, 0.6) is 0 Å². The van der Waals surface area contributed by atoms with E-state index in [2.05, 4.69) is 0 Å². The summed E-state index contributed by atoms with van der Waals surface area (Å²) in [6.45, 7) is 2.90. The molecule has 0 unspecified atom stereocenters. The molecule has 0 saturated carbocycles. The molecule has 0 aliphatic rings. The van der Waals surface area contributed by atoms with Crippen LogP contribution in [0.25, 0.3) is 5.57 Å². The number of benzene rings is 1. The SMILES string of the molecule is CC(=O)/C=C(/C(C)=O)c1ccccc1. The summed E-state index contributed by atoms with van der Waals surface area (Å²) < 4.78 is 0. The van der Waals surface area contributed by atoms with Crippen molar-refractivity contribution in [3.05, 3.63) is 42.0 Å². The number of carbonyl (C=O) groups excluding carboxylic acids is 2. The van der Waals surface area contributed by atoms with Crippen LogP contribution in [0, 0.1) is 0 Å². The summed E-state index contributed by atoms with van der Waals surface area (Å²) in [7, 11) is 0. The highest BCUT2D eigenvalue weighted by atomic mass is 16.1. The van der Waals surface area contributed by atoms with Crippen molar-refractivity contribution in [1.82, 2.24) is 0 Å². The lowest BCUT2D eigenvalue weighted by Gasteiger charge is -2.01. The average molecular weight is 188 g/mol. The number of hydrogen-bond donors (Lipinski definition) is 0. The van der Waals surface area contributed by atoms with E-state index in [1.54, 1.807) is 0 Å². The zero-order chi connectivity index (χ0) is 10.6. The fraction of sp³-hybridized carbons (Fsp3) is 0.167. The molecule has 2 heteroatoms. The van der Waals surface area contributed by atoms with Gasteiger partial charge in [0.25, 0.3) is 0 Å². The number of carbonyl (C=O) groups is 2. The normalized spacial score (nSPS) is 11.1. The van der Waals surface area contributed by atoms with Crippen molar-refractivity contribution in [3.63, 3.8) is 0 Å². The van der Waals surface area contributed by atoms with Crippen molar-refractivity contribution in [2.75, 3.05) is 0 Å². The molecule has 0 N–H and O–H groups in total. The minimum atomic E-state index is -0.112. The van der Waals surface area contributed by atoms with Crippen LogP contribution in [-0.4, -0.2) is 11.6 Å². The number of hydrogen-bond acceptors (Lipinski definition) is 2. The quantitative estimate of drug-likeness (QED) is 0.682. The summed E-state index contributed by atoms with van der Waals surface area (Å²) >= 11 is 0. The molecule has 0 heterocycles. The van der Waals surface area contributed by atoms with Gasteiger partial charge in [0, 0.05) is 5.57 Å². The Morgan fingerprint density at radius 2 is 1.64 bits per heavy atom. The Kier molecular flexibility index (Phi) is 3.35. The molecule has 0 fully saturated rings.